The highest BCUT2D eigenvalue weighted by Gasteiger charge is 2.41. The van der Waals surface area contributed by atoms with Crippen molar-refractivity contribution in [3.8, 4) is 5.75 Å². The van der Waals surface area contributed by atoms with Crippen molar-refractivity contribution in [2.45, 2.75) is 19.5 Å². The number of likely N-dealkylation sites (tertiary alicyclic amines) is 1. The largest absolute Gasteiger partial charge is 0.497 e. The maximum absolute atomic E-state index is 6.02. The van der Waals surface area contributed by atoms with Crippen molar-refractivity contribution in [2.24, 2.45) is 5.41 Å². The Balaban J connectivity index is 1.39. The first-order valence-corrected chi connectivity index (χ1v) is 10.2. The number of hydrogen-bond donors (Lipinski definition) is 0. The number of nitrogens with zero attached hydrogens (tertiary/aromatic N) is 3. The van der Waals surface area contributed by atoms with Gasteiger partial charge in [0.15, 0.2) is 0 Å². The van der Waals surface area contributed by atoms with E-state index < -0.39 is 0 Å². The molecule has 0 bridgehead atoms. The molecular formula is C20H27N3O2S. The van der Waals surface area contributed by atoms with Crippen LogP contribution in [0, 0.1) is 5.41 Å². The molecule has 2 fully saturated rings. The van der Waals surface area contributed by atoms with Gasteiger partial charge in [-0.2, -0.15) is 0 Å². The molecule has 1 unspecified atom stereocenters. The van der Waals surface area contributed by atoms with Crippen molar-refractivity contribution in [3.05, 3.63) is 46.4 Å². The van der Waals surface area contributed by atoms with E-state index in [0.717, 1.165) is 58.2 Å². The maximum Gasteiger partial charge on any atom is 0.118 e. The first kappa shape index (κ1) is 17.9. The van der Waals surface area contributed by atoms with Gasteiger partial charge in [0.2, 0.25) is 0 Å². The van der Waals surface area contributed by atoms with Crippen molar-refractivity contribution in [2.75, 3.05) is 46.5 Å². The molecule has 1 atom stereocenters. The van der Waals surface area contributed by atoms with Gasteiger partial charge >= 0.3 is 0 Å². The van der Waals surface area contributed by atoms with Crippen LogP contribution in [0.4, 0.5) is 0 Å². The van der Waals surface area contributed by atoms with E-state index >= 15 is 0 Å². The normalized spacial score (nSPS) is 24.8. The highest BCUT2D eigenvalue weighted by molar-refractivity contribution is 7.09. The predicted octanol–water partition coefficient (Wildman–Crippen LogP) is 2.88. The number of methoxy groups -OCH3 is 1. The summed E-state index contributed by atoms with van der Waals surface area (Å²) in [6, 6.07) is 8.43. The van der Waals surface area contributed by atoms with Crippen LogP contribution in [0.25, 0.3) is 0 Å². The van der Waals surface area contributed by atoms with Gasteiger partial charge in [-0.3, -0.25) is 9.80 Å². The second-order valence-corrected chi connectivity index (χ2v) is 8.48. The second kappa shape index (κ2) is 8.05. The standard InChI is InChI=1S/C20H27N3O2S/c1-24-18-4-2-17(3-5-18)12-23-9-10-25-16-20(15-23)6-8-22(14-20)13-19-21-7-11-26-19/h2-5,7,11H,6,8-10,12-16H2,1H3. The predicted molar refractivity (Wildman–Crippen MR) is 104 cm³/mol. The lowest BCUT2D eigenvalue weighted by Gasteiger charge is -2.32. The topological polar surface area (TPSA) is 37.8 Å². The van der Waals surface area contributed by atoms with Crippen LogP contribution < -0.4 is 4.74 Å². The Morgan fingerprint density at radius 1 is 1.15 bits per heavy atom. The molecule has 140 valence electrons. The monoisotopic (exact) mass is 373 g/mol. The van der Waals surface area contributed by atoms with Crippen molar-refractivity contribution in [3.63, 3.8) is 0 Å². The molecule has 1 aromatic heterocycles. The summed E-state index contributed by atoms with van der Waals surface area (Å²) in [6.07, 6.45) is 3.11. The minimum absolute atomic E-state index is 0.250. The number of hydrogen-bond acceptors (Lipinski definition) is 6. The molecule has 3 heterocycles. The Bertz CT molecular complexity index is 692. The van der Waals surface area contributed by atoms with Crippen LogP contribution in [-0.4, -0.2) is 61.3 Å². The Morgan fingerprint density at radius 3 is 2.69 bits per heavy atom. The number of thiazole rings is 1. The maximum atomic E-state index is 6.02. The van der Waals surface area contributed by atoms with E-state index in [4.69, 9.17) is 9.47 Å². The molecule has 0 radical (unpaired) electrons. The lowest BCUT2D eigenvalue weighted by molar-refractivity contribution is 0.0706. The minimum atomic E-state index is 0.250. The van der Waals surface area contributed by atoms with E-state index in [9.17, 15) is 0 Å². The van der Waals surface area contributed by atoms with Gasteiger partial charge in [-0.25, -0.2) is 4.98 Å². The fourth-order valence-electron chi connectivity index (χ4n) is 4.14. The third kappa shape index (κ3) is 4.26. The fourth-order valence-corrected chi connectivity index (χ4v) is 4.80. The highest BCUT2D eigenvalue weighted by atomic mass is 32.1. The number of benzene rings is 1. The molecule has 4 rings (SSSR count). The van der Waals surface area contributed by atoms with Crippen LogP contribution in [-0.2, 0) is 17.8 Å². The zero-order chi connectivity index (χ0) is 17.8. The van der Waals surface area contributed by atoms with Crippen LogP contribution in [0.1, 0.15) is 17.0 Å². The molecule has 26 heavy (non-hydrogen) atoms. The van der Waals surface area contributed by atoms with Gasteiger partial charge in [-0.05, 0) is 30.7 Å². The summed E-state index contributed by atoms with van der Waals surface area (Å²) in [5, 5.41) is 3.28. The summed E-state index contributed by atoms with van der Waals surface area (Å²) in [4.78, 5) is 9.54. The lowest BCUT2D eigenvalue weighted by Crippen LogP contribution is -2.40. The SMILES string of the molecule is COc1ccc(CN2CCOCC3(CCN(Cc4nccs4)C3)C2)cc1. The van der Waals surface area contributed by atoms with Crippen molar-refractivity contribution < 1.29 is 9.47 Å². The van der Waals surface area contributed by atoms with Crippen LogP contribution in [0.5, 0.6) is 5.75 Å². The molecule has 2 saturated heterocycles. The average Bonchev–Trinajstić information content (AvgIpc) is 3.25. The van der Waals surface area contributed by atoms with Gasteiger partial charge in [0.25, 0.3) is 0 Å². The van der Waals surface area contributed by atoms with Crippen LogP contribution in [0.15, 0.2) is 35.8 Å². The van der Waals surface area contributed by atoms with E-state index in [2.05, 4.69) is 32.3 Å². The molecule has 1 aromatic carbocycles. The molecule has 1 spiro atoms. The molecule has 0 amide bonds. The third-order valence-electron chi connectivity index (χ3n) is 5.44. The van der Waals surface area contributed by atoms with Gasteiger partial charge in [0.05, 0.1) is 26.9 Å². The molecule has 2 aromatic rings. The molecule has 0 saturated carbocycles. The minimum Gasteiger partial charge on any atom is -0.497 e. The quantitative estimate of drug-likeness (QED) is 0.806. The van der Waals surface area contributed by atoms with Gasteiger partial charge in [0, 0.05) is 43.2 Å². The van der Waals surface area contributed by atoms with E-state index in [1.165, 1.54) is 17.0 Å². The first-order chi connectivity index (χ1) is 12.7. The smallest absolute Gasteiger partial charge is 0.118 e. The van der Waals surface area contributed by atoms with Gasteiger partial charge in [-0.1, -0.05) is 12.1 Å². The molecule has 6 heteroatoms. The van der Waals surface area contributed by atoms with E-state index in [-0.39, 0.29) is 5.41 Å². The highest BCUT2D eigenvalue weighted by Crippen LogP contribution is 2.34. The number of ether oxygens (including phenoxy) is 2. The molecule has 2 aliphatic rings. The van der Waals surface area contributed by atoms with Crippen LogP contribution in [0.2, 0.25) is 0 Å². The summed E-state index contributed by atoms with van der Waals surface area (Å²) in [5.74, 6) is 0.915. The van der Waals surface area contributed by atoms with Gasteiger partial charge in [-0.15, -0.1) is 11.3 Å². The summed E-state index contributed by atoms with van der Waals surface area (Å²) < 4.78 is 11.3. The third-order valence-corrected chi connectivity index (χ3v) is 6.21. The van der Waals surface area contributed by atoms with Crippen LogP contribution in [0.3, 0.4) is 0 Å². The summed E-state index contributed by atoms with van der Waals surface area (Å²) in [6.45, 7) is 7.99. The lowest BCUT2D eigenvalue weighted by atomic mass is 9.87. The number of aromatic nitrogens is 1. The zero-order valence-electron chi connectivity index (χ0n) is 15.4. The van der Waals surface area contributed by atoms with Crippen molar-refractivity contribution >= 4 is 11.3 Å². The van der Waals surface area contributed by atoms with E-state index in [1.807, 2.05) is 18.3 Å². The summed E-state index contributed by atoms with van der Waals surface area (Å²) in [7, 11) is 1.71. The summed E-state index contributed by atoms with van der Waals surface area (Å²) >= 11 is 1.75. The van der Waals surface area contributed by atoms with Gasteiger partial charge < -0.3 is 9.47 Å². The molecule has 2 aliphatic heterocycles. The Kier molecular flexibility index (Phi) is 5.55. The Labute approximate surface area is 159 Å². The molecule has 5 nitrogen and oxygen atoms in total. The van der Waals surface area contributed by atoms with E-state index in [1.54, 1.807) is 18.4 Å². The Morgan fingerprint density at radius 2 is 1.96 bits per heavy atom. The number of rotatable bonds is 5. The molecule has 0 aliphatic carbocycles. The summed E-state index contributed by atoms with van der Waals surface area (Å²) in [5.41, 5.74) is 1.58. The van der Waals surface area contributed by atoms with Crippen molar-refractivity contribution in [1.29, 1.82) is 0 Å². The first-order valence-electron chi connectivity index (χ1n) is 9.28. The average molecular weight is 374 g/mol. The molecular weight excluding hydrogens is 346 g/mol. The zero-order valence-corrected chi connectivity index (χ0v) is 16.2. The second-order valence-electron chi connectivity index (χ2n) is 7.50. The van der Waals surface area contributed by atoms with Crippen LogP contribution >= 0.6 is 11.3 Å². The van der Waals surface area contributed by atoms with Gasteiger partial charge in [0.1, 0.15) is 10.8 Å². The Hall–Kier alpha value is -1.47. The van der Waals surface area contributed by atoms with Crippen molar-refractivity contribution in [1.82, 2.24) is 14.8 Å². The molecule has 0 N–H and O–H groups in total. The fraction of sp³-hybridized carbons (Fsp3) is 0.550. The van der Waals surface area contributed by atoms with E-state index in [0.29, 0.717) is 0 Å².